The number of carbonyl (C=O) groups excluding carboxylic acids is 1. The molecule has 0 N–H and O–H groups in total. The van der Waals surface area contributed by atoms with Crippen molar-refractivity contribution in [2.75, 3.05) is 0 Å². The monoisotopic (exact) mass is 186 g/mol. The standard InChI is InChI=1S/C11H24.CH2O/c1-3-5-7-9-11-10-8-6-4-2;1-2/h3-11H2,1-2H3;1H2. The molecule has 0 aromatic rings. The highest BCUT2D eigenvalue weighted by Gasteiger charge is 1.88. The lowest BCUT2D eigenvalue weighted by molar-refractivity contribution is -0.0979. The molecule has 0 aliphatic heterocycles. The summed E-state index contributed by atoms with van der Waals surface area (Å²) in [5.74, 6) is 0. The third-order valence-electron chi connectivity index (χ3n) is 2.21. The second-order valence-electron chi connectivity index (χ2n) is 3.47. The lowest BCUT2D eigenvalue weighted by atomic mass is 10.1. The molecular weight excluding hydrogens is 160 g/mol. The molecule has 0 aliphatic carbocycles. The Balaban J connectivity index is 0. The van der Waals surface area contributed by atoms with Gasteiger partial charge in [0.05, 0.1) is 0 Å². The van der Waals surface area contributed by atoms with Crippen molar-refractivity contribution in [2.45, 2.75) is 71.6 Å². The SMILES string of the molecule is C=O.CCCCCCCCCCC. The van der Waals surface area contributed by atoms with E-state index in [-0.39, 0.29) is 0 Å². The minimum atomic E-state index is 1.37. The van der Waals surface area contributed by atoms with Crippen LogP contribution < -0.4 is 0 Å². The van der Waals surface area contributed by atoms with Crippen LogP contribution in [0.15, 0.2) is 0 Å². The highest BCUT2D eigenvalue weighted by atomic mass is 16.1. The molecule has 0 aliphatic rings. The smallest absolute Gasteiger partial charge is 0.106 e. The second kappa shape index (κ2) is 17.7. The summed E-state index contributed by atoms with van der Waals surface area (Å²) in [5, 5.41) is 0. The minimum Gasteiger partial charge on any atom is -0.307 e. The van der Waals surface area contributed by atoms with Gasteiger partial charge in [-0.2, -0.15) is 0 Å². The lowest BCUT2D eigenvalue weighted by Gasteiger charge is -1.98. The van der Waals surface area contributed by atoms with E-state index in [1.165, 1.54) is 57.8 Å². The van der Waals surface area contributed by atoms with Gasteiger partial charge in [-0.05, 0) is 0 Å². The van der Waals surface area contributed by atoms with Crippen LogP contribution in [0.4, 0.5) is 0 Å². The molecular formula is C12H26O. The predicted molar refractivity (Wildman–Crippen MR) is 60.0 cm³/mol. The quantitative estimate of drug-likeness (QED) is 0.515. The molecule has 0 fully saturated rings. The van der Waals surface area contributed by atoms with E-state index in [0.29, 0.717) is 0 Å². The fourth-order valence-corrected chi connectivity index (χ4v) is 1.38. The van der Waals surface area contributed by atoms with Gasteiger partial charge in [0.25, 0.3) is 0 Å². The van der Waals surface area contributed by atoms with Crippen molar-refractivity contribution < 1.29 is 4.79 Å². The molecule has 0 unspecified atom stereocenters. The summed E-state index contributed by atoms with van der Waals surface area (Å²) >= 11 is 0. The molecule has 0 amide bonds. The van der Waals surface area contributed by atoms with Gasteiger partial charge >= 0.3 is 0 Å². The first-order chi connectivity index (χ1) is 6.41. The first kappa shape index (κ1) is 15.2. The number of rotatable bonds is 8. The van der Waals surface area contributed by atoms with Crippen LogP contribution in [0.5, 0.6) is 0 Å². The van der Waals surface area contributed by atoms with Crippen LogP contribution >= 0.6 is 0 Å². The molecule has 0 saturated heterocycles. The maximum absolute atomic E-state index is 8.00. The van der Waals surface area contributed by atoms with Gasteiger partial charge in [-0.1, -0.05) is 71.6 Å². The van der Waals surface area contributed by atoms with Crippen molar-refractivity contribution in [1.82, 2.24) is 0 Å². The Hall–Kier alpha value is -0.330. The zero-order chi connectivity index (χ0) is 10.4. The largest absolute Gasteiger partial charge is 0.307 e. The molecule has 13 heavy (non-hydrogen) atoms. The van der Waals surface area contributed by atoms with E-state index in [4.69, 9.17) is 4.79 Å². The molecule has 0 spiro atoms. The Morgan fingerprint density at radius 2 is 0.846 bits per heavy atom. The topological polar surface area (TPSA) is 17.1 Å². The summed E-state index contributed by atoms with van der Waals surface area (Å²) in [7, 11) is 0. The molecule has 1 nitrogen and oxygen atoms in total. The van der Waals surface area contributed by atoms with Crippen molar-refractivity contribution in [3.05, 3.63) is 0 Å². The Morgan fingerprint density at radius 3 is 1.08 bits per heavy atom. The van der Waals surface area contributed by atoms with E-state index < -0.39 is 0 Å². The van der Waals surface area contributed by atoms with Crippen molar-refractivity contribution in [3.63, 3.8) is 0 Å². The highest BCUT2D eigenvalue weighted by molar-refractivity contribution is 5.10. The fourth-order valence-electron chi connectivity index (χ4n) is 1.38. The molecule has 1 heteroatoms. The third kappa shape index (κ3) is 18.5. The number of hydrogen-bond acceptors (Lipinski definition) is 1. The predicted octanol–water partition coefficient (Wildman–Crippen LogP) is 4.35. The minimum absolute atomic E-state index is 1.37. The van der Waals surface area contributed by atoms with Gasteiger partial charge in [0.2, 0.25) is 0 Å². The average Bonchev–Trinajstić information content (AvgIpc) is 2.20. The highest BCUT2D eigenvalue weighted by Crippen LogP contribution is 2.08. The van der Waals surface area contributed by atoms with Crippen LogP contribution in [-0.2, 0) is 4.79 Å². The Labute approximate surface area is 83.9 Å². The van der Waals surface area contributed by atoms with Gasteiger partial charge in [-0.15, -0.1) is 0 Å². The molecule has 80 valence electrons. The van der Waals surface area contributed by atoms with Crippen molar-refractivity contribution in [3.8, 4) is 0 Å². The van der Waals surface area contributed by atoms with Gasteiger partial charge in [-0.25, -0.2) is 0 Å². The first-order valence-corrected chi connectivity index (χ1v) is 5.70. The average molecular weight is 186 g/mol. The molecule has 0 aromatic heterocycles. The number of hydrogen-bond donors (Lipinski definition) is 0. The van der Waals surface area contributed by atoms with Crippen LogP contribution in [0.3, 0.4) is 0 Å². The maximum Gasteiger partial charge on any atom is 0.106 e. The van der Waals surface area contributed by atoms with Gasteiger partial charge in [0.15, 0.2) is 0 Å². The summed E-state index contributed by atoms with van der Waals surface area (Å²) in [4.78, 5) is 8.00. The molecule has 0 heterocycles. The normalized spacial score (nSPS) is 9.08. The van der Waals surface area contributed by atoms with Crippen molar-refractivity contribution in [1.29, 1.82) is 0 Å². The molecule has 0 atom stereocenters. The van der Waals surface area contributed by atoms with Gasteiger partial charge in [0, 0.05) is 0 Å². The molecule has 0 rings (SSSR count). The van der Waals surface area contributed by atoms with Crippen molar-refractivity contribution in [2.24, 2.45) is 0 Å². The van der Waals surface area contributed by atoms with Crippen LogP contribution in [0.2, 0.25) is 0 Å². The zero-order valence-corrected chi connectivity index (χ0v) is 9.48. The Morgan fingerprint density at radius 1 is 0.615 bits per heavy atom. The maximum atomic E-state index is 8.00. The Bertz CT molecular complexity index is 63.5. The number of unbranched alkanes of at least 4 members (excludes halogenated alkanes) is 8. The third-order valence-corrected chi connectivity index (χ3v) is 2.21. The fraction of sp³-hybridized carbons (Fsp3) is 0.917. The summed E-state index contributed by atoms with van der Waals surface area (Å²) < 4.78 is 0. The zero-order valence-electron chi connectivity index (χ0n) is 9.48. The van der Waals surface area contributed by atoms with Crippen LogP contribution in [-0.4, -0.2) is 6.79 Å². The first-order valence-electron chi connectivity index (χ1n) is 5.70. The van der Waals surface area contributed by atoms with Gasteiger partial charge in [-0.3, -0.25) is 0 Å². The summed E-state index contributed by atoms with van der Waals surface area (Å²) in [5.41, 5.74) is 0. The van der Waals surface area contributed by atoms with Gasteiger partial charge in [0.1, 0.15) is 6.79 Å². The molecule has 0 aromatic carbocycles. The van der Waals surface area contributed by atoms with Crippen LogP contribution in [0.25, 0.3) is 0 Å². The summed E-state index contributed by atoms with van der Waals surface area (Å²) in [6, 6.07) is 0. The molecule has 0 bridgehead atoms. The van der Waals surface area contributed by atoms with E-state index in [9.17, 15) is 0 Å². The summed E-state index contributed by atoms with van der Waals surface area (Å²) in [6.07, 6.45) is 13.0. The summed E-state index contributed by atoms with van der Waals surface area (Å²) in [6.45, 7) is 6.55. The van der Waals surface area contributed by atoms with E-state index in [2.05, 4.69) is 13.8 Å². The number of carbonyl (C=O) groups is 1. The molecule has 0 saturated carbocycles. The van der Waals surface area contributed by atoms with Gasteiger partial charge < -0.3 is 4.79 Å². The van der Waals surface area contributed by atoms with E-state index in [0.717, 1.165) is 0 Å². The Kier molecular flexibility index (Phi) is 20.6. The van der Waals surface area contributed by atoms with Crippen molar-refractivity contribution >= 4 is 6.79 Å². The lowest BCUT2D eigenvalue weighted by Crippen LogP contribution is -1.79. The van der Waals surface area contributed by atoms with E-state index in [1.807, 2.05) is 6.79 Å². The van der Waals surface area contributed by atoms with E-state index in [1.54, 1.807) is 0 Å². The van der Waals surface area contributed by atoms with E-state index >= 15 is 0 Å². The molecule has 0 radical (unpaired) electrons. The second-order valence-corrected chi connectivity index (χ2v) is 3.47. The van der Waals surface area contributed by atoms with Crippen LogP contribution in [0, 0.1) is 0 Å². The van der Waals surface area contributed by atoms with Crippen LogP contribution in [0.1, 0.15) is 71.6 Å².